The second-order valence-corrected chi connectivity index (χ2v) is 5.07. The van der Waals surface area contributed by atoms with Gasteiger partial charge in [-0.2, -0.15) is 0 Å². The van der Waals surface area contributed by atoms with Crippen LogP contribution in [0.3, 0.4) is 0 Å². The minimum absolute atomic E-state index is 0.230. The van der Waals surface area contributed by atoms with Gasteiger partial charge in [0, 0.05) is 10.7 Å². The maximum Gasteiger partial charge on any atom is 0.142 e. The van der Waals surface area contributed by atoms with Crippen molar-refractivity contribution in [3.05, 3.63) is 57.8 Å². The van der Waals surface area contributed by atoms with E-state index >= 15 is 0 Å². The largest absolute Gasteiger partial charge is 0.495 e. The quantitative estimate of drug-likeness (QED) is 0.671. The van der Waals surface area contributed by atoms with Gasteiger partial charge in [0.2, 0.25) is 0 Å². The van der Waals surface area contributed by atoms with Crippen LogP contribution in [0.25, 0.3) is 0 Å². The third-order valence-corrected chi connectivity index (χ3v) is 3.61. The number of hydrogen-bond acceptors (Lipinski definition) is 4. The summed E-state index contributed by atoms with van der Waals surface area (Å²) < 4.78 is 6.33. The second-order valence-electron chi connectivity index (χ2n) is 4.22. The molecule has 0 aliphatic rings. The van der Waals surface area contributed by atoms with E-state index in [1.807, 2.05) is 31.2 Å². The van der Waals surface area contributed by atoms with Crippen LogP contribution in [-0.2, 0) is 0 Å². The van der Waals surface area contributed by atoms with E-state index in [2.05, 4.69) is 32.4 Å². The standard InChI is InChI=1S/C14H16BrN3O/c1-9-5-6-10(11(15)8-9)13(18-16)14-12(19-2)4-3-7-17-14/h3-8,13,18H,16H2,1-2H3. The van der Waals surface area contributed by atoms with Crippen LogP contribution >= 0.6 is 15.9 Å². The highest BCUT2D eigenvalue weighted by atomic mass is 79.9. The first-order valence-electron chi connectivity index (χ1n) is 5.88. The first-order valence-corrected chi connectivity index (χ1v) is 6.67. The van der Waals surface area contributed by atoms with Gasteiger partial charge in [-0.25, -0.2) is 5.43 Å². The van der Waals surface area contributed by atoms with Crippen LogP contribution in [0.2, 0.25) is 0 Å². The van der Waals surface area contributed by atoms with Crippen LogP contribution in [0.1, 0.15) is 22.9 Å². The Morgan fingerprint density at radius 3 is 2.79 bits per heavy atom. The first kappa shape index (κ1) is 14.0. The summed E-state index contributed by atoms with van der Waals surface area (Å²) in [5, 5.41) is 0. The molecule has 3 N–H and O–H groups in total. The highest BCUT2D eigenvalue weighted by Gasteiger charge is 2.20. The SMILES string of the molecule is COc1cccnc1C(NN)c1ccc(C)cc1Br. The highest BCUT2D eigenvalue weighted by molar-refractivity contribution is 9.10. The Morgan fingerprint density at radius 1 is 1.37 bits per heavy atom. The Labute approximate surface area is 121 Å². The predicted octanol–water partition coefficient (Wildman–Crippen LogP) is 2.71. The van der Waals surface area contributed by atoms with Gasteiger partial charge < -0.3 is 4.74 Å². The molecule has 1 aromatic heterocycles. The van der Waals surface area contributed by atoms with E-state index in [4.69, 9.17) is 10.6 Å². The van der Waals surface area contributed by atoms with Crippen molar-refractivity contribution in [1.82, 2.24) is 10.4 Å². The molecule has 0 saturated heterocycles. The number of nitrogens with one attached hydrogen (secondary N) is 1. The molecule has 19 heavy (non-hydrogen) atoms. The van der Waals surface area contributed by atoms with Crippen LogP contribution in [0.15, 0.2) is 41.0 Å². The van der Waals surface area contributed by atoms with Crippen LogP contribution in [0.5, 0.6) is 5.75 Å². The lowest BCUT2D eigenvalue weighted by Crippen LogP contribution is -2.30. The Bertz CT molecular complexity index is 574. The summed E-state index contributed by atoms with van der Waals surface area (Å²) >= 11 is 3.57. The zero-order chi connectivity index (χ0) is 13.8. The molecule has 0 bridgehead atoms. The van der Waals surface area contributed by atoms with Crippen LogP contribution in [-0.4, -0.2) is 12.1 Å². The van der Waals surface area contributed by atoms with Crippen molar-refractivity contribution >= 4 is 15.9 Å². The number of benzene rings is 1. The molecule has 4 nitrogen and oxygen atoms in total. The van der Waals surface area contributed by atoms with Gasteiger partial charge in [-0.3, -0.25) is 10.8 Å². The molecule has 0 aliphatic heterocycles. The Kier molecular flexibility index (Phi) is 4.52. The molecular weight excluding hydrogens is 306 g/mol. The van der Waals surface area contributed by atoms with Gasteiger partial charge in [0.15, 0.2) is 0 Å². The number of nitrogens with two attached hydrogens (primary N) is 1. The van der Waals surface area contributed by atoms with Crippen LogP contribution in [0.4, 0.5) is 0 Å². The van der Waals surface area contributed by atoms with Gasteiger partial charge in [0.05, 0.1) is 13.2 Å². The van der Waals surface area contributed by atoms with Crippen molar-refractivity contribution in [3.8, 4) is 5.75 Å². The Morgan fingerprint density at radius 2 is 2.16 bits per heavy atom. The topological polar surface area (TPSA) is 60.2 Å². The third-order valence-electron chi connectivity index (χ3n) is 2.93. The summed E-state index contributed by atoms with van der Waals surface area (Å²) in [6, 6.07) is 9.59. The summed E-state index contributed by atoms with van der Waals surface area (Å²) in [6.07, 6.45) is 1.73. The predicted molar refractivity (Wildman–Crippen MR) is 78.8 cm³/mol. The molecule has 5 heteroatoms. The van der Waals surface area contributed by atoms with Gasteiger partial charge in [0.1, 0.15) is 11.4 Å². The maximum atomic E-state index is 5.70. The molecular formula is C14H16BrN3O. The van der Waals surface area contributed by atoms with E-state index in [0.29, 0.717) is 5.75 Å². The van der Waals surface area contributed by atoms with Gasteiger partial charge in [-0.1, -0.05) is 28.1 Å². The molecule has 2 rings (SSSR count). The Hall–Kier alpha value is -1.43. The molecule has 1 heterocycles. The zero-order valence-corrected chi connectivity index (χ0v) is 12.4. The molecule has 1 unspecified atom stereocenters. The van der Waals surface area contributed by atoms with E-state index in [-0.39, 0.29) is 6.04 Å². The molecule has 0 spiro atoms. The average Bonchev–Trinajstić information content (AvgIpc) is 2.42. The molecule has 1 aromatic carbocycles. The van der Waals surface area contributed by atoms with Gasteiger partial charge in [-0.15, -0.1) is 0 Å². The van der Waals surface area contributed by atoms with E-state index in [1.165, 1.54) is 5.56 Å². The molecule has 0 fully saturated rings. The molecule has 100 valence electrons. The summed E-state index contributed by atoms with van der Waals surface area (Å²) in [5.74, 6) is 6.41. The van der Waals surface area contributed by atoms with E-state index in [9.17, 15) is 0 Å². The number of ether oxygens (including phenoxy) is 1. The summed E-state index contributed by atoms with van der Waals surface area (Å²) in [7, 11) is 1.62. The lowest BCUT2D eigenvalue weighted by molar-refractivity contribution is 0.400. The lowest BCUT2D eigenvalue weighted by Gasteiger charge is -2.19. The fraction of sp³-hybridized carbons (Fsp3) is 0.214. The number of aromatic nitrogens is 1. The number of pyridine rings is 1. The molecule has 0 saturated carbocycles. The monoisotopic (exact) mass is 321 g/mol. The second kappa shape index (κ2) is 6.14. The summed E-state index contributed by atoms with van der Waals surface area (Å²) in [5.41, 5.74) is 5.76. The average molecular weight is 322 g/mol. The number of halogens is 1. The van der Waals surface area contributed by atoms with E-state index in [0.717, 1.165) is 15.7 Å². The minimum Gasteiger partial charge on any atom is -0.495 e. The minimum atomic E-state index is -0.230. The number of nitrogens with zero attached hydrogens (tertiary/aromatic N) is 1. The van der Waals surface area contributed by atoms with Gasteiger partial charge in [-0.05, 0) is 36.2 Å². The number of aryl methyl sites for hydroxylation is 1. The number of hydrazine groups is 1. The summed E-state index contributed by atoms with van der Waals surface area (Å²) in [4.78, 5) is 4.37. The highest BCUT2D eigenvalue weighted by Crippen LogP contribution is 2.32. The van der Waals surface area contributed by atoms with Crippen LogP contribution in [0, 0.1) is 6.92 Å². The fourth-order valence-electron chi connectivity index (χ4n) is 1.97. The van der Waals surface area contributed by atoms with Crippen molar-refractivity contribution in [2.75, 3.05) is 7.11 Å². The maximum absolute atomic E-state index is 5.70. The summed E-state index contributed by atoms with van der Waals surface area (Å²) in [6.45, 7) is 2.04. The zero-order valence-electron chi connectivity index (χ0n) is 10.9. The number of hydrogen-bond donors (Lipinski definition) is 2. The molecule has 1 atom stereocenters. The third kappa shape index (κ3) is 2.94. The first-order chi connectivity index (χ1) is 9.17. The van der Waals surface area contributed by atoms with Crippen molar-refractivity contribution in [1.29, 1.82) is 0 Å². The lowest BCUT2D eigenvalue weighted by atomic mass is 10.0. The van der Waals surface area contributed by atoms with Crippen molar-refractivity contribution < 1.29 is 4.74 Å². The molecule has 2 aromatic rings. The van der Waals surface area contributed by atoms with Crippen LogP contribution < -0.4 is 16.0 Å². The molecule has 0 aliphatic carbocycles. The van der Waals surface area contributed by atoms with E-state index in [1.54, 1.807) is 13.3 Å². The van der Waals surface area contributed by atoms with E-state index < -0.39 is 0 Å². The normalized spacial score (nSPS) is 12.2. The van der Waals surface area contributed by atoms with Gasteiger partial charge in [0.25, 0.3) is 0 Å². The fourth-order valence-corrected chi connectivity index (χ4v) is 2.70. The number of rotatable bonds is 4. The van der Waals surface area contributed by atoms with Crippen molar-refractivity contribution in [3.63, 3.8) is 0 Å². The number of methoxy groups -OCH3 is 1. The molecule has 0 amide bonds. The Balaban J connectivity index is 2.50. The smallest absolute Gasteiger partial charge is 0.142 e. The van der Waals surface area contributed by atoms with Gasteiger partial charge >= 0.3 is 0 Å². The van der Waals surface area contributed by atoms with Crippen molar-refractivity contribution in [2.45, 2.75) is 13.0 Å². The molecule has 0 radical (unpaired) electrons. The van der Waals surface area contributed by atoms with Crippen molar-refractivity contribution in [2.24, 2.45) is 5.84 Å².